The summed E-state index contributed by atoms with van der Waals surface area (Å²) in [5.41, 5.74) is 3.49. The number of hydrogen-bond acceptors (Lipinski definition) is 4. The standard InChI is InChI=1S/C36H39BrClN3O4S/c1-4-5-20-39-36(43)34(23-28-10-7-6-8-11-28)40(24-29-12-9-13-30(37)22-29)35(42)25-41(33-19-16-31(38)21-27(33)3)46(44,45)32-17-14-26(2)15-18-32/h6-19,21-22,34H,4-5,20,23-25H2,1-3H3,(H,39,43). The fourth-order valence-corrected chi connectivity index (χ4v) is 7.29. The molecule has 10 heteroatoms. The molecule has 0 saturated carbocycles. The average molecular weight is 725 g/mol. The molecule has 4 rings (SSSR count). The number of nitrogens with zero attached hydrogens (tertiary/aromatic N) is 2. The molecule has 4 aromatic rings. The third kappa shape index (κ3) is 9.21. The first kappa shape index (κ1) is 35.2. The minimum atomic E-state index is -4.20. The molecule has 46 heavy (non-hydrogen) atoms. The minimum Gasteiger partial charge on any atom is -0.354 e. The molecule has 1 atom stereocenters. The lowest BCUT2D eigenvalue weighted by Gasteiger charge is -2.34. The summed E-state index contributed by atoms with van der Waals surface area (Å²) in [4.78, 5) is 30.0. The smallest absolute Gasteiger partial charge is 0.264 e. The summed E-state index contributed by atoms with van der Waals surface area (Å²) in [5.74, 6) is -0.812. The third-order valence-electron chi connectivity index (χ3n) is 7.66. The maximum absolute atomic E-state index is 14.6. The minimum absolute atomic E-state index is 0.0527. The van der Waals surface area contributed by atoms with Crippen LogP contribution < -0.4 is 9.62 Å². The van der Waals surface area contributed by atoms with E-state index in [9.17, 15) is 18.0 Å². The Hall–Kier alpha value is -3.66. The van der Waals surface area contributed by atoms with Crippen LogP contribution in [-0.4, -0.2) is 44.3 Å². The SMILES string of the molecule is CCCCNC(=O)C(Cc1ccccc1)N(Cc1cccc(Br)c1)C(=O)CN(c1ccc(Cl)cc1C)S(=O)(=O)c1ccc(C)cc1. The van der Waals surface area contributed by atoms with E-state index in [0.29, 0.717) is 22.8 Å². The van der Waals surface area contributed by atoms with Gasteiger partial charge in [-0.3, -0.25) is 13.9 Å². The van der Waals surface area contributed by atoms with Gasteiger partial charge in [0.05, 0.1) is 10.6 Å². The van der Waals surface area contributed by atoms with Crippen LogP contribution in [0.25, 0.3) is 0 Å². The van der Waals surface area contributed by atoms with Gasteiger partial charge in [0.2, 0.25) is 11.8 Å². The summed E-state index contributed by atoms with van der Waals surface area (Å²) in [5, 5.41) is 3.46. The van der Waals surface area contributed by atoms with Crippen molar-refractivity contribution in [2.45, 2.75) is 57.5 Å². The first-order valence-corrected chi connectivity index (χ1v) is 17.8. The summed E-state index contributed by atoms with van der Waals surface area (Å²) in [6, 6.07) is 27.5. The van der Waals surface area contributed by atoms with Crippen molar-refractivity contribution in [3.63, 3.8) is 0 Å². The highest BCUT2D eigenvalue weighted by Crippen LogP contribution is 2.30. The molecule has 0 bridgehead atoms. The Labute approximate surface area is 285 Å². The van der Waals surface area contributed by atoms with Crippen molar-refractivity contribution in [3.8, 4) is 0 Å². The first-order valence-electron chi connectivity index (χ1n) is 15.2. The van der Waals surface area contributed by atoms with E-state index < -0.39 is 28.5 Å². The number of carbonyl (C=O) groups is 2. The molecule has 1 N–H and O–H groups in total. The van der Waals surface area contributed by atoms with Crippen molar-refractivity contribution in [1.82, 2.24) is 10.2 Å². The largest absolute Gasteiger partial charge is 0.354 e. The van der Waals surface area contributed by atoms with Crippen LogP contribution in [0.4, 0.5) is 5.69 Å². The predicted octanol–water partition coefficient (Wildman–Crippen LogP) is 7.47. The first-order chi connectivity index (χ1) is 22.0. The molecule has 7 nitrogen and oxygen atoms in total. The Morgan fingerprint density at radius 2 is 1.59 bits per heavy atom. The van der Waals surface area contributed by atoms with Crippen molar-refractivity contribution in [2.24, 2.45) is 0 Å². The fourth-order valence-electron chi connectivity index (χ4n) is 5.14. The van der Waals surface area contributed by atoms with Gasteiger partial charge in [0, 0.05) is 29.0 Å². The molecule has 2 amide bonds. The molecule has 4 aromatic carbocycles. The van der Waals surface area contributed by atoms with Crippen molar-refractivity contribution >= 4 is 55.1 Å². The summed E-state index contributed by atoms with van der Waals surface area (Å²) < 4.78 is 30.4. The summed E-state index contributed by atoms with van der Waals surface area (Å²) in [6.07, 6.45) is 1.95. The number of halogens is 2. The molecular formula is C36H39BrClN3O4S. The lowest BCUT2D eigenvalue weighted by atomic mass is 10.0. The second-order valence-corrected chi connectivity index (χ2v) is 14.5. The second kappa shape index (κ2) is 16.3. The lowest BCUT2D eigenvalue weighted by molar-refractivity contribution is -0.140. The van der Waals surface area contributed by atoms with Gasteiger partial charge in [0.25, 0.3) is 10.0 Å². The van der Waals surface area contributed by atoms with Crippen LogP contribution in [0.5, 0.6) is 0 Å². The number of benzene rings is 4. The highest BCUT2D eigenvalue weighted by molar-refractivity contribution is 9.10. The van der Waals surface area contributed by atoms with Gasteiger partial charge in [-0.15, -0.1) is 0 Å². The highest BCUT2D eigenvalue weighted by atomic mass is 79.9. The number of sulfonamides is 1. The number of anilines is 1. The van der Waals surface area contributed by atoms with Gasteiger partial charge >= 0.3 is 0 Å². The van der Waals surface area contributed by atoms with E-state index in [1.165, 1.54) is 17.0 Å². The van der Waals surface area contributed by atoms with Gasteiger partial charge in [-0.05, 0) is 79.4 Å². The number of hydrogen-bond donors (Lipinski definition) is 1. The Kier molecular flexibility index (Phi) is 12.4. The number of aryl methyl sites for hydroxylation is 2. The van der Waals surface area contributed by atoms with Crippen LogP contribution in [0.1, 0.15) is 42.0 Å². The maximum Gasteiger partial charge on any atom is 0.264 e. The Morgan fingerprint density at radius 3 is 2.24 bits per heavy atom. The van der Waals surface area contributed by atoms with Crippen molar-refractivity contribution < 1.29 is 18.0 Å². The van der Waals surface area contributed by atoms with E-state index in [-0.39, 0.29) is 23.8 Å². The number of carbonyl (C=O) groups excluding carboxylic acids is 2. The Balaban J connectivity index is 1.81. The van der Waals surface area contributed by atoms with E-state index in [1.54, 1.807) is 37.3 Å². The molecule has 0 aromatic heterocycles. The average Bonchev–Trinajstić information content (AvgIpc) is 3.02. The zero-order valence-corrected chi connectivity index (χ0v) is 29.4. The molecule has 0 saturated heterocycles. The van der Waals surface area contributed by atoms with Gasteiger partial charge in [0.1, 0.15) is 12.6 Å². The second-order valence-electron chi connectivity index (χ2n) is 11.3. The monoisotopic (exact) mass is 723 g/mol. The van der Waals surface area contributed by atoms with Gasteiger partial charge < -0.3 is 10.2 Å². The van der Waals surface area contributed by atoms with Gasteiger partial charge in [-0.2, -0.15) is 0 Å². The maximum atomic E-state index is 14.6. The zero-order chi connectivity index (χ0) is 33.3. The fraction of sp³-hybridized carbons (Fsp3) is 0.278. The van der Waals surface area contributed by atoms with Crippen LogP contribution in [0.15, 0.2) is 106 Å². The quantitative estimate of drug-likeness (QED) is 0.137. The number of unbranched alkanes of at least 4 members (excludes halogenated alkanes) is 1. The van der Waals surface area contributed by atoms with Crippen LogP contribution in [0, 0.1) is 13.8 Å². The van der Waals surface area contributed by atoms with Crippen molar-refractivity contribution in [3.05, 3.63) is 129 Å². The summed E-state index contributed by atoms with van der Waals surface area (Å²) >= 11 is 9.76. The molecule has 0 aliphatic heterocycles. The molecule has 0 spiro atoms. The molecule has 0 fully saturated rings. The highest BCUT2D eigenvalue weighted by Gasteiger charge is 2.35. The lowest BCUT2D eigenvalue weighted by Crippen LogP contribution is -2.53. The summed E-state index contributed by atoms with van der Waals surface area (Å²) in [6.45, 7) is 5.70. The van der Waals surface area contributed by atoms with E-state index in [2.05, 4.69) is 21.2 Å². The van der Waals surface area contributed by atoms with E-state index in [1.807, 2.05) is 68.4 Å². The van der Waals surface area contributed by atoms with Crippen LogP contribution in [0.3, 0.4) is 0 Å². The summed E-state index contributed by atoms with van der Waals surface area (Å²) in [7, 11) is -4.20. The van der Waals surface area contributed by atoms with Gasteiger partial charge in [0.15, 0.2) is 0 Å². The number of rotatable bonds is 14. The van der Waals surface area contributed by atoms with Gasteiger partial charge in [-0.25, -0.2) is 8.42 Å². The van der Waals surface area contributed by atoms with Crippen LogP contribution in [-0.2, 0) is 32.6 Å². The zero-order valence-electron chi connectivity index (χ0n) is 26.2. The Bertz CT molecular complexity index is 1750. The van der Waals surface area contributed by atoms with Crippen molar-refractivity contribution in [2.75, 3.05) is 17.4 Å². The van der Waals surface area contributed by atoms with E-state index in [0.717, 1.165) is 38.3 Å². The molecule has 0 aliphatic carbocycles. The molecule has 242 valence electrons. The van der Waals surface area contributed by atoms with Crippen molar-refractivity contribution in [1.29, 1.82) is 0 Å². The third-order valence-corrected chi connectivity index (χ3v) is 10.2. The van der Waals surface area contributed by atoms with E-state index in [4.69, 9.17) is 11.6 Å². The molecule has 0 heterocycles. The topological polar surface area (TPSA) is 86.8 Å². The molecule has 0 radical (unpaired) electrons. The Morgan fingerprint density at radius 1 is 0.891 bits per heavy atom. The predicted molar refractivity (Wildman–Crippen MR) is 188 cm³/mol. The molecular weight excluding hydrogens is 686 g/mol. The molecule has 0 aliphatic rings. The van der Waals surface area contributed by atoms with E-state index >= 15 is 0 Å². The normalized spacial score (nSPS) is 11.9. The van der Waals surface area contributed by atoms with Crippen LogP contribution in [0.2, 0.25) is 5.02 Å². The molecule has 1 unspecified atom stereocenters. The number of nitrogens with one attached hydrogen (secondary N) is 1. The number of amides is 2. The van der Waals surface area contributed by atoms with Crippen LogP contribution >= 0.6 is 27.5 Å². The van der Waals surface area contributed by atoms with Gasteiger partial charge in [-0.1, -0.05) is 101 Å².